The van der Waals surface area contributed by atoms with E-state index in [0.29, 0.717) is 0 Å². The monoisotopic (exact) mass is 218 g/mol. The van der Waals surface area contributed by atoms with Gasteiger partial charge in [-0.05, 0) is 0 Å². The van der Waals surface area contributed by atoms with Crippen molar-refractivity contribution in [3.8, 4) is 0 Å². The molecule has 3 nitrogen and oxygen atoms in total. The summed E-state index contributed by atoms with van der Waals surface area (Å²) in [5.41, 5.74) is 1.09. The van der Waals surface area contributed by atoms with Crippen molar-refractivity contribution in [2.45, 2.75) is 20.3 Å². The number of nitrogens with one attached hydrogen (secondary N) is 1. The number of carbonyl (C=O) groups excluding carboxylic acids is 1. The number of hydrogen-bond acceptors (Lipinski definition) is 2. The normalized spacial score (nSPS) is 9.64. The van der Waals surface area contributed by atoms with Crippen LogP contribution in [0.25, 0.3) is 0 Å². The predicted octanol–water partition coefficient (Wildman–Crippen LogP) is 0.659. The molecule has 4 heteroatoms. The molecule has 0 saturated carbocycles. The number of rotatable bonds is 2. The molecule has 1 aromatic heterocycles. The average molecular weight is 217 g/mol. The van der Waals surface area contributed by atoms with Crippen LogP contribution in [0.1, 0.15) is 19.5 Å². The van der Waals surface area contributed by atoms with Gasteiger partial charge in [-0.3, -0.25) is 0 Å². The Bertz CT molecular complexity index is 257. The van der Waals surface area contributed by atoms with E-state index in [2.05, 4.69) is 22.2 Å². The topological polar surface area (TPSA) is 42.0 Å². The molecular weight excluding hydrogens is 207 g/mol. The molecule has 0 aliphatic carbocycles. The van der Waals surface area contributed by atoms with Crippen molar-refractivity contribution in [2.75, 3.05) is 5.32 Å². The van der Waals surface area contributed by atoms with E-state index in [-0.39, 0.29) is 20.4 Å². The fourth-order valence-electron chi connectivity index (χ4n) is 0.677. The Hall–Kier alpha value is -0.601. The predicted molar refractivity (Wildman–Crippen MR) is 44.9 cm³/mol. The van der Waals surface area contributed by atoms with Crippen molar-refractivity contribution in [1.82, 2.24) is 4.98 Å². The zero-order valence-electron chi connectivity index (χ0n) is 6.55. The Balaban J connectivity index is 2.65. The van der Waals surface area contributed by atoms with E-state index >= 15 is 0 Å². The third-order valence-electron chi connectivity index (χ3n) is 1.20. The van der Waals surface area contributed by atoms with Gasteiger partial charge in [-0.15, -0.1) is 0 Å². The van der Waals surface area contributed by atoms with E-state index < -0.39 is 0 Å². The zero-order chi connectivity index (χ0) is 8.27. The van der Waals surface area contributed by atoms with Gasteiger partial charge in [0.1, 0.15) is 0 Å². The van der Waals surface area contributed by atoms with Crippen molar-refractivity contribution in [1.29, 1.82) is 0 Å². The summed E-state index contributed by atoms with van der Waals surface area (Å²) in [7, 11) is 0. The summed E-state index contributed by atoms with van der Waals surface area (Å²) in [5, 5.41) is 2.69. The van der Waals surface area contributed by atoms with Gasteiger partial charge < -0.3 is 0 Å². The summed E-state index contributed by atoms with van der Waals surface area (Å²) >= 11 is 0.247. The first-order chi connectivity index (χ1) is 5.22. The Morgan fingerprint density at radius 1 is 1.82 bits per heavy atom. The number of aryl methyl sites for hydroxylation is 1. The van der Waals surface area contributed by atoms with Gasteiger partial charge >= 0.3 is 71.1 Å². The molecule has 1 heterocycles. The second-order valence-electron chi connectivity index (χ2n) is 2.18. The van der Waals surface area contributed by atoms with Crippen molar-refractivity contribution in [3.63, 3.8) is 0 Å². The van der Waals surface area contributed by atoms with Crippen LogP contribution < -0.4 is 5.32 Å². The molecule has 1 aromatic rings. The van der Waals surface area contributed by atoms with Crippen LogP contribution in [0.2, 0.25) is 0 Å². The molecular formula is C7H10N2OSe. The SMILES string of the molecule is CCc1c[se]c(NC(C)=O)n1. The second kappa shape index (κ2) is 3.69. The van der Waals surface area contributed by atoms with Gasteiger partial charge in [-0.25, -0.2) is 0 Å². The van der Waals surface area contributed by atoms with Crippen LogP contribution in [0.5, 0.6) is 0 Å². The van der Waals surface area contributed by atoms with E-state index in [4.69, 9.17) is 0 Å². The molecule has 11 heavy (non-hydrogen) atoms. The Morgan fingerprint density at radius 2 is 2.55 bits per heavy atom. The number of aromatic nitrogens is 1. The van der Waals surface area contributed by atoms with Crippen molar-refractivity contribution < 1.29 is 4.79 Å². The molecule has 0 atom stereocenters. The van der Waals surface area contributed by atoms with Crippen LogP contribution in [0.4, 0.5) is 4.69 Å². The summed E-state index contributed by atoms with van der Waals surface area (Å²) in [6.45, 7) is 3.56. The van der Waals surface area contributed by atoms with Gasteiger partial charge in [0.2, 0.25) is 0 Å². The van der Waals surface area contributed by atoms with E-state index in [1.54, 1.807) is 0 Å². The first-order valence-electron chi connectivity index (χ1n) is 3.44. The first kappa shape index (κ1) is 8.50. The van der Waals surface area contributed by atoms with Crippen LogP contribution in [0.15, 0.2) is 4.94 Å². The molecule has 60 valence electrons. The van der Waals surface area contributed by atoms with E-state index in [1.807, 2.05) is 0 Å². The molecule has 0 fully saturated rings. The van der Waals surface area contributed by atoms with Crippen LogP contribution in [0, 0.1) is 0 Å². The van der Waals surface area contributed by atoms with Crippen molar-refractivity contribution in [3.05, 3.63) is 10.6 Å². The fourth-order valence-corrected chi connectivity index (χ4v) is 2.44. The van der Waals surface area contributed by atoms with Crippen molar-refractivity contribution >= 4 is 25.1 Å². The summed E-state index contributed by atoms with van der Waals surface area (Å²) in [5.74, 6) is -0.0311. The number of amides is 1. The molecule has 0 spiro atoms. The van der Waals surface area contributed by atoms with Crippen molar-refractivity contribution in [2.24, 2.45) is 0 Å². The first-order valence-corrected chi connectivity index (χ1v) is 5.29. The van der Waals surface area contributed by atoms with Gasteiger partial charge in [-0.2, -0.15) is 0 Å². The third kappa shape index (κ3) is 2.48. The Kier molecular flexibility index (Phi) is 2.85. The minimum atomic E-state index is -0.0311. The number of hydrogen-bond donors (Lipinski definition) is 1. The molecule has 0 bridgehead atoms. The van der Waals surface area contributed by atoms with Crippen LogP contribution in [-0.4, -0.2) is 25.4 Å². The summed E-state index contributed by atoms with van der Waals surface area (Å²) in [6, 6.07) is 0. The number of anilines is 1. The minimum absolute atomic E-state index is 0.0311. The number of carbonyl (C=O) groups is 1. The van der Waals surface area contributed by atoms with Gasteiger partial charge in [0.15, 0.2) is 0 Å². The van der Waals surface area contributed by atoms with Crippen LogP contribution >= 0.6 is 0 Å². The Labute approximate surface area is 71.6 Å². The summed E-state index contributed by atoms with van der Waals surface area (Å²) in [4.78, 5) is 16.9. The molecule has 0 saturated heterocycles. The Morgan fingerprint density at radius 3 is 3.00 bits per heavy atom. The maximum absolute atomic E-state index is 10.6. The molecule has 1 rings (SSSR count). The average Bonchev–Trinajstić information content (AvgIpc) is 2.34. The zero-order valence-corrected chi connectivity index (χ0v) is 8.26. The van der Waals surface area contributed by atoms with E-state index in [1.165, 1.54) is 6.92 Å². The van der Waals surface area contributed by atoms with Crippen LogP contribution in [0.3, 0.4) is 0 Å². The standard InChI is InChI=1S/C7H10N2OSe/c1-3-6-4-11-7(9-6)8-5(2)10/h4H,3H2,1-2H3,(H,8,9,10). The quantitative estimate of drug-likeness (QED) is 0.739. The fraction of sp³-hybridized carbons (Fsp3) is 0.429. The molecule has 1 amide bonds. The molecule has 1 N–H and O–H groups in total. The number of nitrogens with zero attached hydrogens (tertiary/aromatic N) is 1. The van der Waals surface area contributed by atoms with E-state index in [9.17, 15) is 4.79 Å². The summed E-state index contributed by atoms with van der Waals surface area (Å²) < 4.78 is 0.835. The van der Waals surface area contributed by atoms with Crippen LogP contribution in [-0.2, 0) is 11.2 Å². The van der Waals surface area contributed by atoms with E-state index in [0.717, 1.165) is 16.8 Å². The molecule has 0 radical (unpaired) electrons. The summed E-state index contributed by atoms with van der Waals surface area (Å²) in [6.07, 6.45) is 0.949. The van der Waals surface area contributed by atoms with Gasteiger partial charge in [0.05, 0.1) is 0 Å². The molecule has 0 unspecified atom stereocenters. The second-order valence-corrected chi connectivity index (χ2v) is 3.98. The van der Waals surface area contributed by atoms with Gasteiger partial charge in [0, 0.05) is 0 Å². The maximum atomic E-state index is 10.6. The molecule has 0 aliphatic rings. The third-order valence-corrected chi connectivity index (χ3v) is 2.89. The molecule has 0 aromatic carbocycles. The van der Waals surface area contributed by atoms with Gasteiger partial charge in [-0.1, -0.05) is 0 Å². The van der Waals surface area contributed by atoms with Gasteiger partial charge in [0.25, 0.3) is 0 Å². The molecule has 0 aliphatic heterocycles.